The van der Waals surface area contributed by atoms with Gasteiger partial charge in [0, 0.05) is 15.7 Å². The summed E-state index contributed by atoms with van der Waals surface area (Å²) < 4.78 is 0.910. The van der Waals surface area contributed by atoms with Crippen molar-refractivity contribution in [3.8, 4) is 0 Å². The minimum atomic E-state index is -1.07. The smallest absolute Gasteiger partial charge is 0.336 e. The third kappa shape index (κ3) is 3.19. The minimum Gasteiger partial charge on any atom is -0.478 e. The van der Waals surface area contributed by atoms with E-state index < -0.39 is 5.97 Å². The van der Waals surface area contributed by atoms with Gasteiger partial charge in [-0.3, -0.25) is 4.79 Å². The summed E-state index contributed by atoms with van der Waals surface area (Å²) in [6.07, 6.45) is 1.08. The van der Waals surface area contributed by atoms with E-state index in [4.69, 9.17) is 0 Å². The fourth-order valence-electron chi connectivity index (χ4n) is 2.74. The Labute approximate surface area is 142 Å². The van der Waals surface area contributed by atoms with E-state index in [1.165, 1.54) is 0 Å². The predicted octanol–water partition coefficient (Wildman–Crippen LogP) is 3.87. The molecule has 0 saturated carbocycles. The van der Waals surface area contributed by atoms with Crippen molar-refractivity contribution < 1.29 is 14.7 Å². The van der Waals surface area contributed by atoms with Crippen LogP contribution in [0.4, 0.5) is 5.69 Å². The summed E-state index contributed by atoms with van der Waals surface area (Å²) >= 11 is 3.34. The minimum absolute atomic E-state index is 0.0986. The first-order valence-corrected chi connectivity index (χ1v) is 7.97. The lowest BCUT2D eigenvalue weighted by molar-refractivity contribution is -0.130. The molecule has 0 heterocycles. The molecule has 3 rings (SSSR count). The van der Waals surface area contributed by atoms with Gasteiger partial charge < -0.3 is 10.4 Å². The zero-order chi connectivity index (χ0) is 16.4. The molecule has 1 aliphatic rings. The SMILES string of the molecule is O=C(O)C1=C(C(=O)Nc2ccc(Br)cc2)CCc2ccccc21. The van der Waals surface area contributed by atoms with Crippen LogP contribution in [0.1, 0.15) is 17.5 Å². The Morgan fingerprint density at radius 1 is 1.00 bits per heavy atom. The van der Waals surface area contributed by atoms with Gasteiger partial charge >= 0.3 is 5.97 Å². The maximum atomic E-state index is 12.5. The number of carboxylic acids is 1. The summed E-state index contributed by atoms with van der Waals surface area (Å²) in [6.45, 7) is 0. The molecule has 5 heteroatoms. The van der Waals surface area contributed by atoms with E-state index in [9.17, 15) is 14.7 Å². The van der Waals surface area contributed by atoms with Crippen LogP contribution in [0.5, 0.6) is 0 Å². The van der Waals surface area contributed by atoms with E-state index in [0.29, 0.717) is 29.7 Å². The number of carboxylic acid groups (broad SMARTS) is 1. The van der Waals surface area contributed by atoms with Gasteiger partial charge in [-0.1, -0.05) is 40.2 Å². The Morgan fingerprint density at radius 2 is 1.70 bits per heavy atom. The maximum absolute atomic E-state index is 12.5. The topological polar surface area (TPSA) is 66.4 Å². The van der Waals surface area contributed by atoms with Gasteiger partial charge in [0.05, 0.1) is 5.57 Å². The fourth-order valence-corrected chi connectivity index (χ4v) is 3.00. The molecule has 2 aromatic carbocycles. The summed E-state index contributed by atoms with van der Waals surface area (Å²) in [4.78, 5) is 24.2. The highest BCUT2D eigenvalue weighted by Gasteiger charge is 2.27. The second-order valence-corrected chi connectivity index (χ2v) is 6.19. The molecule has 2 N–H and O–H groups in total. The standard InChI is InChI=1S/C18H14BrNO3/c19-12-6-8-13(9-7-12)20-17(21)15-10-5-11-3-1-2-4-14(11)16(15)18(22)23/h1-4,6-9H,5,10H2,(H,20,21)(H,22,23). The number of benzene rings is 2. The van der Waals surface area contributed by atoms with Gasteiger partial charge in [0.2, 0.25) is 0 Å². The Balaban J connectivity index is 1.97. The second-order valence-electron chi connectivity index (χ2n) is 5.28. The van der Waals surface area contributed by atoms with Crippen molar-refractivity contribution >= 4 is 39.1 Å². The number of rotatable bonds is 3. The number of hydrogen-bond acceptors (Lipinski definition) is 2. The highest BCUT2D eigenvalue weighted by Crippen LogP contribution is 2.32. The number of nitrogens with one attached hydrogen (secondary N) is 1. The molecule has 4 nitrogen and oxygen atoms in total. The van der Waals surface area contributed by atoms with Crippen molar-refractivity contribution in [3.05, 3.63) is 69.7 Å². The molecule has 0 unspecified atom stereocenters. The summed E-state index contributed by atoms with van der Waals surface area (Å²) in [5.74, 6) is -1.43. The van der Waals surface area contributed by atoms with Crippen LogP contribution in [-0.2, 0) is 16.0 Å². The number of carbonyl (C=O) groups excluding carboxylic acids is 1. The quantitative estimate of drug-likeness (QED) is 0.860. The zero-order valence-electron chi connectivity index (χ0n) is 12.2. The van der Waals surface area contributed by atoms with Gasteiger partial charge in [-0.05, 0) is 48.2 Å². The number of hydrogen-bond donors (Lipinski definition) is 2. The van der Waals surface area contributed by atoms with Crippen LogP contribution in [-0.4, -0.2) is 17.0 Å². The number of aryl methyl sites for hydroxylation is 1. The summed E-state index contributed by atoms with van der Waals surface area (Å²) in [7, 11) is 0. The normalized spacial score (nSPS) is 13.4. The van der Waals surface area contributed by atoms with E-state index >= 15 is 0 Å². The highest BCUT2D eigenvalue weighted by molar-refractivity contribution is 9.10. The van der Waals surface area contributed by atoms with Crippen LogP contribution >= 0.6 is 15.9 Å². The molecule has 0 radical (unpaired) electrons. The molecule has 1 aliphatic carbocycles. The monoisotopic (exact) mass is 371 g/mol. The molecule has 0 aromatic heterocycles. The summed E-state index contributed by atoms with van der Waals surface area (Å²) in [5, 5.41) is 12.3. The fraction of sp³-hybridized carbons (Fsp3) is 0.111. The van der Waals surface area contributed by atoms with Gasteiger partial charge in [-0.25, -0.2) is 4.79 Å². The van der Waals surface area contributed by atoms with Gasteiger partial charge in [-0.15, -0.1) is 0 Å². The number of amides is 1. The number of carbonyl (C=O) groups is 2. The number of fused-ring (bicyclic) bond motifs is 1. The Hall–Kier alpha value is -2.40. The molecule has 0 aliphatic heterocycles. The largest absolute Gasteiger partial charge is 0.478 e. The molecule has 0 saturated heterocycles. The van der Waals surface area contributed by atoms with E-state index in [2.05, 4.69) is 21.2 Å². The van der Waals surface area contributed by atoms with Crippen molar-refractivity contribution in [3.63, 3.8) is 0 Å². The molecule has 2 aromatic rings. The highest BCUT2D eigenvalue weighted by atomic mass is 79.9. The first kappa shape index (κ1) is 15.5. The lowest BCUT2D eigenvalue weighted by Gasteiger charge is -2.20. The Morgan fingerprint density at radius 3 is 2.39 bits per heavy atom. The number of aliphatic carboxylic acids is 1. The lowest BCUT2D eigenvalue weighted by Crippen LogP contribution is -2.22. The molecule has 23 heavy (non-hydrogen) atoms. The van der Waals surface area contributed by atoms with Gasteiger partial charge in [0.25, 0.3) is 5.91 Å². The first-order valence-electron chi connectivity index (χ1n) is 7.18. The van der Waals surface area contributed by atoms with Crippen LogP contribution in [0.25, 0.3) is 5.57 Å². The van der Waals surface area contributed by atoms with E-state index in [-0.39, 0.29) is 11.5 Å². The van der Waals surface area contributed by atoms with E-state index in [1.807, 2.05) is 24.3 Å². The molecule has 116 valence electrons. The average molecular weight is 372 g/mol. The van der Waals surface area contributed by atoms with Crippen molar-refractivity contribution in [2.75, 3.05) is 5.32 Å². The summed E-state index contributed by atoms with van der Waals surface area (Å²) in [6, 6.07) is 14.5. The van der Waals surface area contributed by atoms with Crippen LogP contribution in [0.15, 0.2) is 58.6 Å². The lowest BCUT2D eigenvalue weighted by atomic mass is 9.85. The predicted molar refractivity (Wildman–Crippen MR) is 92.1 cm³/mol. The molecule has 0 atom stereocenters. The van der Waals surface area contributed by atoms with Gasteiger partial charge in [0.15, 0.2) is 0 Å². The number of anilines is 1. The molecule has 0 fully saturated rings. The first-order chi connectivity index (χ1) is 11.1. The van der Waals surface area contributed by atoms with Gasteiger partial charge in [0.1, 0.15) is 0 Å². The zero-order valence-corrected chi connectivity index (χ0v) is 13.8. The van der Waals surface area contributed by atoms with Crippen molar-refractivity contribution in [2.24, 2.45) is 0 Å². The van der Waals surface area contributed by atoms with Crippen LogP contribution in [0.2, 0.25) is 0 Å². The van der Waals surface area contributed by atoms with Crippen LogP contribution in [0, 0.1) is 0 Å². The van der Waals surface area contributed by atoms with Crippen molar-refractivity contribution in [1.29, 1.82) is 0 Å². The molecular weight excluding hydrogens is 358 g/mol. The Kier molecular flexibility index (Phi) is 4.30. The molecule has 1 amide bonds. The second kappa shape index (κ2) is 6.38. The Bertz CT molecular complexity index is 809. The number of halogens is 1. The maximum Gasteiger partial charge on any atom is 0.336 e. The van der Waals surface area contributed by atoms with Crippen LogP contribution in [0.3, 0.4) is 0 Å². The van der Waals surface area contributed by atoms with Crippen LogP contribution < -0.4 is 5.32 Å². The van der Waals surface area contributed by atoms with Gasteiger partial charge in [-0.2, -0.15) is 0 Å². The van der Waals surface area contributed by atoms with E-state index in [1.54, 1.807) is 24.3 Å². The van der Waals surface area contributed by atoms with Crippen molar-refractivity contribution in [2.45, 2.75) is 12.8 Å². The summed E-state index contributed by atoms with van der Waals surface area (Å²) in [5.41, 5.74) is 2.65. The van der Waals surface area contributed by atoms with Crippen molar-refractivity contribution in [1.82, 2.24) is 0 Å². The molecule has 0 spiro atoms. The molecular formula is C18H14BrNO3. The van der Waals surface area contributed by atoms with E-state index in [0.717, 1.165) is 10.0 Å². The molecule has 0 bridgehead atoms. The third-order valence-electron chi connectivity index (χ3n) is 3.82. The third-order valence-corrected chi connectivity index (χ3v) is 4.35. The average Bonchev–Trinajstić information content (AvgIpc) is 2.55.